The van der Waals surface area contributed by atoms with Crippen LogP contribution in [-0.2, 0) is 4.79 Å². The van der Waals surface area contributed by atoms with Crippen LogP contribution >= 0.6 is 46.8 Å². The topological polar surface area (TPSA) is 79.5 Å². The first kappa shape index (κ1) is 24.9. The van der Waals surface area contributed by atoms with Gasteiger partial charge in [-0.1, -0.05) is 53.5 Å². The largest absolute Gasteiger partial charge is 0.479 e. The molecule has 6 nitrogen and oxygen atoms in total. The van der Waals surface area contributed by atoms with Gasteiger partial charge in [-0.3, -0.25) is 14.9 Å². The first-order valence-corrected chi connectivity index (χ1v) is 12.4. The average molecular weight is 544 g/mol. The molecule has 4 aromatic rings. The van der Waals surface area contributed by atoms with E-state index in [1.165, 1.54) is 11.3 Å². The summed E-state index contributed by atoms with van der Waals surface area (Å²) in [4.78, 5) is 25.5. The lowest BCUT2D eigenvalue weighted by Gasteiger charge is -2.16. The number of anilines is 2. The average Bonchev–Trinajstić information content (AvgIpc) is 3.18. The molecule has 4 rings (SSSR count). The summed E-state index contributed by atoms with van der Waals surface area (Å²) in [7, 11) is 0. The van der Waals surface area contributed by atoms with Crippen LogP contribution in [0, 0.1) is 0 Å². The minimum absolute atomic E-state index is 0.127. The predicted molar refractivity (Wildman–Crippen MR) is 147 cm³/mol. The molecule has 0 aliphatic rings. The molecule has 0 fully saturated rings. The summed E-state index contributed by atoms with van der Waals surface area (Å²) in [6.07, 6.45) is -0.754. The standard InChI is InChI=1S/C25H19Cl2N3O3S2/c1-14(33-19-8-4-3-7-18(19)26)23(31)28-15-10-12-16(13-11-15)29-25(34)30-24(32)22-21(27)17-6-2-5-9-20(17)35-22/h2-14H,1H3,(H,28,31)(H2,29,30,32,34). The number of nitrogens with one attached hydrogen (secondary N) is 3. The number of hydrogen-bond donors (Lipinski definition) is 3. The van der Waals surface area contributed by atoms with E-state index in [-0.39, 0.29) is 16.9 Å². The van der Waals surface area contributed by atoms with Crippen molar-refractivity contribution in [1.82, 2.24) is 5.32 Å². The van der Waals surface area contributed by atoms with Gasteiger partial charge in [0.05, 0.1) is 10.0 Å². The number of ether oxygens (including phenoxy) is 1. The molecule has 10 heteroatoms. The molecule has 1 aromatic heterocycles. The van der Waals surface area contributed by atoms with E-state index in [2.05, 4.69) is 16.0 Å². The molecule has 0 spiro atoms. The normalized spacial score (nSPS) is 11.5. The summed E-state index contributed by atoms with van der Waals surface area (Å²) < 4.78 is 6.56. The van der Waals surface area contributed by atoms with Gasteiger partial charge < -0.3 is 15.4 Å². The second-order valence-corrected chi connectivity index (χ2v) is 9.65. The second-order valence-electron chi connectivity index (χ2n) is 7.41. The Kier molecular flexibility index (Phi) is 7.87. The van der Waals surface area contributed by atoms with Gasteiger partial charge in [-0.05, 0) is 61.6 Å². The van der Waals surface area contributed by atoms with Gasteiger partial charge in [-0.15, -0.1) is 11.3 Å². The van der Waals surface area contributed by atoms with E-state index in [0.717, 1.165) is 10.1 Å². The molecular weight excluding hydrogens is 525 g/mol. The molecule has 0 aliphatic carbocycles. The number of halogens is 2. The van der Waals surface area contributed by atoms with Gasteiger partial charge in [0.15, 0.2) is 11.2 Å². The number of para-hydroxylation sites is 1. The summed E-state index contributed by atoms with van der Waals surface area (Å²) in [5, 5.41) is 10.2. The van der Waals surface area contributed by atoms with Crippen LogP contribution < -0.4 is 20.7 Å². The summed E-state index contributed by atoms with van der Waals surface area (Å²) in [6.45, 7) is 1.64. The molecule has 0 radical (unpaired) electrons. The van der Waals surface area contributed by atoms with Crippen molar-refractivity contribution >= 4 is 85.1 Å². The zero-order valence-electron chi connectivity index (χ0n) is 18.3. The van der Waals surface area contributed by atoms with E-state index >= 15 is 0 Å². The van der Waals surface area contributed by atoms with Gasteiger partial charge in [0.25, 0.3) is 11.8 Å². The highest BCUT2D eigenvalue weighted by Gasteiger charge is 2.18. The SMILES string of the molecule is CC(Oc1ccccc1Cl)C(=O)Nc1ccc(NC(=S)NC(=O)c2sc3ccccc3c2Cl)cc1. The maximum atomic E-state index is 12.6. The Balaban J connectivity index is 1.31. The van der Waals surface area contributed by atoms with E-state index in [1.54, 1.807) is 55.5 Å². The van der Waals surface area contributed by atoms with E-state index < -0.39 is 6.10 Å². The number of carbonyl (C=O) groups excluding carboxylic acids is 2. The fraction of sp³-hybridized carbons (Fsp3) is 0.0800. The smallest absolute Gasteiger partial charge is 0.269 e. The van der Waals surface area contributed by atoms with Gasteiger partial charge in [0.1, 0.15) is 10.6 Å². The van der Waals surface area contributed by atoms with Gasteiger partial charge in [0.2, 0.25) is 0 Å². The van der Waals surface area contributed by atoms with Gasteiger partial charge >= 0.3 is 0 Å². The minimum Gasteiger partial charge on any atom is -0.479 e. The van der Waals surface area contributed by atoms with Crippen molar-refractivity contribution in [3.05, 3.63) is 87.7 Å². The lowest BCUT2D eigenvalue weighted by molar-refractivity contribution is -0.122. The quantitative estimate of drug-likeness (QED) is 0.234. The highest BCUT2D eigenvalue weighted by atomic mass is 35.5. The van der Waals surface area contributed by atoms with Crippen molar-refractivity contribution in [3.8, 4) is 5.75 Å². The summed E-state index contributed by atoms with van der Waals surface area (Å²) >= 11 is 19.0. The summed E-state index contributed by atoms with van der Waals surface area (Å²) in [5.74, 6) is -0.275. The molecule has 1 heterocycles. The number of rotatable bonds is 6. The van der Waals surface area contributed by atoms with Gasteiger partial charge in [-0.25, -0.2) is 0 Å². The Labute approximate surface area is 221 Å². The molecule has 178 valence electrons. The van der Waals surface area contributed by atoms with Crippen molar-refractivity contribution in [2.75, 3.05) is 10.6 Å². The Morgan fingerprint density at radius 3 is 2.23 bits per heavy atom. The number of fused-ring (bicyclic) bond motifs is 1. The van der Waals surface area contributed by atoms with E-state index in [0.29, 0.717) is 32.0 Å². The molecule has 1 unspecified atom stereocenters. The van der Waals surface area contributed by atoms with Crippen LogP contribution in [0.15, 0.2) is 72.8 Å². The number of carbonyl (C=O) groups is 2. The number of thiophene rings is 1. The summed E-state index contributed by atoms with van der Waals surface area (Å²) in [6, 6.07) is 21.3. The van der Waals surface area contributed by atoms with Crippen LogP contribution in [0.2, 0.25) is 10.0 Å². The Hall–Kier alpha value is -3.17. The first-order valence-electron chi connectivity index (χ1n) is 10.4. The van der Waals surface area contributed by atoms with Crippen molar-refractivity contribution in [3.63, 3.8) is 0 Å². The van der Waals surface area contributed by atoms with E-state index in [9.17, 15) is 9.59 Å². The predicted octanol–water partition coefficient (Wildman–Crippen LogP) is 6.74. The third kappa shape index (κ3) is 6.10. The highest BCUT2D eigenvalue weighted by molar-refractivity contribution is 7.80. The fourth-order valence-electron chi connectivity index (χ4n) is 3.15. The van der Waals surface area contributed by atoms with E-state index in [1.807, 2.05) is 24.3 Å². The van der Waals surface area contributed by atoms with Crippen molar-refractivity contribution < 1.29 is 14.3 Å². The molecule has 35 heavy (non-hydrogen) atoms. The minimum atomic E-state index is -0.754. The van der Waals surface area contributed by atoms with Crippen molar-refractivity contribution in [1.29, 1.82) is 0 Å². The van der Waals surface area contributed by atoms with E-state index in [4.69, 9.17) is 40.2 Å². The highest BCUT2D eigenvalue weighted by Crippen LogP contribution is 2.35. The first-order chi connectivity index (χ1) is 16.8. The maximum Gasteiger partial charge on any atom is 0.269 e. The molecule has 3 aromatic carbocycles. The molecular formula is C25H19Cl2N3O3S2. The fourth-order valence-corrected chi connectivity index (χ4v) is 4.95. The third-order valence-corrected chi connectivity index (χ3v) is 7.08. The zero-order chi connectivity index (χ0) is 24.9. The lowest BCUT2D eigenvalue weighted by atomic mass is 10.2. The number of hydrogen-bond acceptors (Lipinski definition) is 5. The molecule has 2 amide bonds. The second kappa shape index (κ2) is 11.0. The lowest BCUT2D eigenvalue weighted by Crippen LogP contribution is -2.33. The molecule has 0 aliphatic heterocycles. The van der Waals surface area contributed by atoms with Crippen LogP contribution in [0.5, 0.6) is 5.75 Å². The molecule has 0 saturated carbocycles. The van der Waals surface area contributed by atoms with Gasteiger partial charge in [-0.2, -0.15) is 0 Å². The molecule has 0 bridgehead atoms. The third-order valence-electron chi connectivity index (χ3n) is 4.89. The molecule has 1 atom stereocenters. The number of benzene rings is 3. The number of amides is 2. The number of thiocarbonyl (C=S) groups is 1. The Morgan fingerprint density at radius 2 is 1.54 bits per heavy atom. The molecule has 3 N–H and O–H groups in total. The van der Waals surface area contributed by atoms with Crippen LogP contribution in [-0.4, -0.2) is 23.0 Å². The van der Waals surface area contributed by atoms with Crippen molar-refractivity contribution in [2.45, 2.75) is 13.0 Å². The zero-order valence-corrected chi connectivity index (χ0v) is 21.4. The maximum absolute atomic E-state index is 12.6. The van der Waals surface area contributed by atoms with Gasteiger partial charge in [0, 0.05) is 21.5 Å². The monoisotopic (exact) mass is 543 g/mol. The summed E-state index contributed by atoms with van der Waals surface area (Å²) in [5.41, 5.74) is 1.21. The van der Waals surface area contributed by atoms with Crippen LogP contribution in [0.3, 0.4) is 0 Å². The van der Waals surface area contributed by atoms with Crippen LogP contribution in [0.1, 0.15) is 16.6 Å². The Morgan fingerprint density at radius 1 is 0.914 bits per heavy atom. The van der Waals surface area contributed by atoms with Crippen molar-refractivity contribution in [2.24, 2.45) is 0 Å². The molecule has 0 saturated heterocycles. The Bertz CT molecular complexity index is 1410. The van der Waals surface area contributed by atoms with Crippen LogP contribution in [0.4, 0.5) is 11.4 Å². The van der Waals surface area contributed by atoms with Crippen LogP contribution in [0.25, 0.3) is 10.1 Å².